The Kier molecular flexibility index (Phi) is 5.29. The number of nitrogens with two attached hydrogens (primary N) is 1. The van der Waals surface area contributed by atoms with E-state index in [0.717, 1.165) is 53.5 Å². The van der Waals surface area contributed by atoms with Crippen LogP contribution in [-0.2, 0) is 6.54 Å². The largest absolute Gasteiger partial charge is 0.474 e. The normalized spacial score (nSPS) is 15.3. The van der Waals surface area contributed by atoms with E-state index < -0.39 is 0 Å². The topological polar surface area (TPSA) is 124 Å². The Bertz CT molecular complexity index is 1500. The van der Waals surface area contributed by atoms with Crippen LogP contribution in [0.3, 0.4) is 0 Å². The number of ether oxygens (including phenoxy) is 1. The summed E-state index contributed by atoms with van der Waals surface area (Å²) < 4.78 is 8.34. The van der Waals surface area contributed by atoms with Gasteiger partial charge in [0.2, 0.25) is 5.88 Å². The van der Waals surface area contributed by atoms with E-state index in [1.807, 2.05) is 4.68 Å². The van der Waals surface area contributed by atoms with Gasteiger partial charge in [0.15, 0.2) is 5.65 Å². The first kappa shape index (κ1) is 21.5. The van der Waals surface area contributed by atoms with Crippen molar-refractivity contribution in [3.63, 3.8) is 0 Å². The lowest BCUT2D eigenvalue weighted by molar-refractivity contribution is 0.111. The van der Waals surface area contributed by atoms with Crippen molar-refractivity contribution in [3.05, 3.63) is 54.2 Å². The summed E-state index contributed by atoms with van der Waals surface area (Å²) in [4.78, 5) is 16.0. The Morgan fingerprint density at radius 1 is 1.17 bits per heavy atom. The molecular formula is C25H27N9O. The Hall–Kier alpha value is -4.05. The summed E-state index contributed by atoms with van der Waals surface area (Å²) >= 11 is 0. The highest BCUT2D eigenvalue weighted by molar-refractivity contribution is 5.98. The molecule has 35 heavy (non-hydrogen) atoms. The summed E-state index contributed by atoms with van der Waals surface area (Å²) in [7, 11) is 2.15. The Balaban J connectivity index is 1.43. The van der Waals surface area contributed by atoms with Gasteiger partial charge < -0.3 is 15.4 Å². The van der Waals surface area contributed by atoms with E-state index in [4.69, 9.17) is 20.6 Å². The van der Waals surface area contributed by atoms with Gasteiger partial charge in [-0.1, -0.05) is 18.2 Å². The molecule has 10 nitrogen and oxygen atoms in total. The minimum atomic E-state index is 0.155. The number of rotatable bonds is 5. The van der Waals surface area contributed by atoms with E-state index in [1.165, 1.54) is 6.33 Å². The molecule has 1 aliphatic heterocycles. The van der Waals surface area contributed by atoms with Gasteiger partial charge in [-0.2, -0.15) is 10.2 Å². The average molecular weight is 470 g/mol. The van der Waals surface area contributed by atoms with E-state index in [0.29, 0.717) is 35.0 Å². The van der Waals surface area contributed by atoms with Crippen molar-refractivity contribution in [1.29, 1.82) is 0 Å². The molecule has 0 amide bonds. The molecule has 0 bridgehead atoms. The summed E-state index contributed by atoms with van der Waals surface area (Å²) in [6, 6.07) is 8.37. The van der Waals surface area contributed by atoms with Crippen LogP contribution in [-0.4, -0.2) is 66.1 Å². The number of H-pyrrole nitrogens is 1. The molecule has 10 heteroatoms. The van der Waals surface area contributed by atoms with Crippen molar-refractivity contribution >= 4 is 27.6 Å². The van der Waals surface area contributed by atoms with Crippen LogP contribution >= 0.6 is 0 Å². The van der Waals surface area contributed by atoms with Gasteiger partial charge in [0.1, 0.15) is 23.9 Å². The standard InChI is InChI=1S/C25H27N9O/c1-15-4-3-5-16-10-18(31-25(20(15)16)35-19-6-8-33(2)9-7-19)13-34-24-21(23(26)27-14-28-24)22(32-34)17-11-29-30-12-17/h3-5,10-12,14,19H,6-9,13H2,1-2H3,(H,29,30)(H2,26,27,28). The maximum absolute atomic E-state index is 6.52. The van der Waals surface area contributed by atoms with E-state index >= 15 is 0 Å². The molecule has 1 aromatic carbocycles. The number of likely N-dealkylation sites (tertiary alicyclic amines) is 1. The molecule has 178 valence electrons. The molecular weight excluding hydrogens is 442 g/mol. The van der Waals surface area contributed by atoms with Crippen LogP contribution < -0.4 is 10.5 Å². The number of nitrogens with one attached hydrogen (secondary N) is 1. The second-order valence-corrected chi connectivity index (χ2v) is 9.16. The number of nitrogens with zero attached hydrogens (tertiary/aromatic N) is 7. The number of piperidine rings is 1. The predicted molar refractivity (Wildman–Crippen MR) is 134 cm³/mol. The summed E-state index contributed by atoms with van der Waals surface area (Å²) in [5.41, 5.74) is 10.4. The highest BCUT2D eigenvalue weighted by Crippen LogP contribution is 2.32. The molecule has 4 aromatic heterocycles. The highest BCUT2D eigenvalue weighted by Gasteiger charge is 2.22. The second kappa shape index (κ2) is 8.62. The number of aromatic nitrogens is 7. The summed E-state index contributed by atoms with van der Waals surface area (Å²) in [6.45, 7) is 4.57. The van der Waals surface area contributed by atoms with Gasteiger partial charge in [0, 0.05) is 30.2 Å². The van der Waals surface area contributed by atoms with Crippen molar-refractivity contribution in [3.8, 4) is 17.1 Å². The number of hydrogen-bond acceptors (Lipinski definition) is 8. The number of nitrogen functional groups attached to an aromatic ring is 1. The van der Waals surface area contributed by atoms with Crippen LogP contribution in [0.15, 0.2) is 43.0 Å². The Morgan fingerprint density at radius 3 is 2.83 bits per heavy atom. The number of fused-ring (bicyclic) bond motifs is 2. The van der Waals surface area contributed by atoms with Crippen LogP contribution in [0.1, 0.15) is 24.1 Å². The number of benzene rings is 1. The monoisotopic (exact) mass is 469 g/mol. The van der Waals surface area contributed by atoms with E-state index in [-0.39, 0.29) is 6.10 Å². The maximum atomic E-state index is 6.52. The van der Waals surface area contributed by atoms with Gasteiger partial charge >= 0.3 is 0 Å². The van der Waals surface area contributed by atoms with Gasteiger partial charge in [-0.05, 0) is 43.8 Å². The summed E-state index contributed by atoms with van der Waals surface area (Å²) in [5, 5.41) is 14.6. The van der Waals surface area contributed by atoms with Gasteiger partial charge in [0.05, 0.1) is 23.8 Å². The van der Waals surface area contributed by atoms with Gasteiger partial charge in [-0.15, -0.1) is 0 Å². The molecule has 1 saturated heterocycles. The minimum Gasteiger partial charge on any atom is -0.474 e. The number of aryl methyl sites for hydroxylation is 1. The van der Waals surface area contributed by atoms with E-state index in [1.54, 1.807) is 12.4 Å². The molecule has 0 aliphatic carbocycles. The number of anilines is 1. The lowest BCUT2D eigenvalue weighted by atomic mass is 10.1. The summed E-state index contributed by atoms with van der Waals surface area (Å²) in [6.07, 6.45) is 7.09. The smallest absolute Gasteiger partial charge is 0.222 e. The fourth-order valence-electron chi connectivity index (χ4n) is 4.80. The third-order valence-electron chi connectivity index (χ3n) is 6.67. The average Bonchev–Trinajstić information content (AvgIpc) is 3.50. The molecule has 0 saturated carbocycles. The van der Waals surface area contributed by atoms with E-state index in [9.17, 15) is 0 Å². The van der Waals surface area contributed by atoms with E-state index in [2.05, 4.69) is 63.3 Å². The molecule has 0 atom stereocenters. The Morgan fingerprint density at radius 2 is 2.03 bits per heavy atom. The van der Waals surface area contributed by atoms with Crippen LogP contribution in [0, 0.1) is 6.92 Å². The second-order valence-electron chi connectivity index (χ2n) is 9.16. The fraction of sp³-hybridized carbons (Fsp3) is 0.320. The lowest BCUT2D eigenvalue weighted by Gasteiger charge is -2.29. The van der Waals surface area contributed by atoms with Crippen molar-refractivity contribution in [2.45, 2.75) is 32.4 Å². The molecule has 5 heterocycles. The van der Waals surface area contributed by atoms with Crippen molar-refractivity contribution in [2.24, 2.45) is 0 Å². The highest BCUT2D eigenvalue weighted by atomic mass is 16.5. The van der Waals surface area contributed by atoms with Crippen molar-refractivity contribution in [2.75, 3.05) is 25.9 Å². The third-order valence-corrected chi connectivity index (χ3v) is 6.67. The SMILES string of the molecule is Cc1cccc2cc(Cn3nc(-c4cn[nH]c4)c4c(N)ncnc43)nc(OC3CCN(C)CC3)c12. The molecule has 6 rings (SSSR count). The van der Waals surface area contributed by atoms with Crippen LogP contribution in [0.4, 0.5) is 5.82 Å². The molecule has 0 unspecified atom stereocenters. The molecule has 3 N–H and O–H groups in total. The number of hydrogen-bond donors (Lipinski definition) is 2. The Labute approximate surface area is 202 Å². The molecule has 1 fully saturated rings. The zero-order chi connectivity index (χ0) is 23.9. The first-order valence-corrected chi connectivity index (χ1v) is 11.8. The molecule has 0 radical (unpaired) electrons. The number of pyridine rings is 1. The first-order valence-electron chi connectivity index (χ1n) is 11.8. The number of aromatic amines is 1. The molecule has 1 aliphatic rings. The molecule has 0 spiro atoms. The maximum Gasteiger partial charge on any atom is 0.222 e. The molecule has 5 aromatic rings. The van der Waals surface area contributed by atoms with Gasteiger partial charge in [-0.25, -0.2) is 19.6 Å². The van der Waals surface area contributed by atoms with Crippen molar-refractivity contribution < 1.29 is 4.74 Å². The third kappa shape index (κ3) is 3.95. The predicted octanol–water partition coefficient (Wildman–Crippen LogP) is 3.18. The lowest BCUT2D eigenvalue weighted by Crippen LogP contribution is -2.35. The fourth-order valence-corrected chi connectivity index (χ4v) is 4.80. The minimum absolute atomic E-state index is 0.155. The zero-order valence-electron chi connectivity index (χ0n) is 19.8. The quantitative estimate of drug-likeness (QED) is 0.402. The van der Waals surface area contributed by atoms with Crippen LogP contribution in [0.2, 0.25) is 0 Å². The van der Waals surface area contributed by atoms with Gasteiger partial charge in [-0.3, -0.25) is 5.10 Å². The van der Waals surface area contributed by atoms with Crippen molar-refractivity contribution in [1.82, 2.24) is 39.8 Å². The zero-order valence-corrected chi connectivity index (χ0v) is 19.8. The summed E-state index contributed by atoms with van der Waals surface area (Å²) in [5.74, 6) is 1.07. The van der Waals surface area contributed by atoms with Crippen LogP contribution in [0.5, 0.6) is 5.88 Å². The van der Waals surface area contributed by atoms with Crippen LogP contribution in [0.25, 0.3) is 33.1 Å². The van der Waals surface area contributed by atoms with Gasteiger partial charge in [0.25, 0.3) is 0 Å². The first-order chi connectivity index (χ1) is 17.1.